The lowest BCUT2D eigenvalue weighted by Gasteiger charge is -2.36. The Morgan fingerprint density at radius 2 is 1.73 bits per heavy atom. The van der Waals surface area contributed by atoms with Gasteiger partial charge in [0.1, 0.15) is 11.9 Å². The minimum Gasteiger partial charge on any atom is -0.495 e. The fraction of sp³-hybridized carbons (Fsp3) is 0.543. The molecule has 1 aromatic carbocycles. The van der Waals surface area contributed by atoms with Crippen molar-refractivity contribution in [1.29, 1.82) is 0 Å². The third-order valence-electron chi connectivity index (χ3n) is 9.64. The molecule has 0 saturated heterocycles. The van der Waals surface area contributed by atoms with Crippen molar-refractivity contribution >= 4 is 29.0 Å². The van der Waals surface area contributed by atoms with Gasteiger partial charge in [-0.1, -0.05) is 12.1 Å². The summed E-state index contributed by atoms with van der Waals surface area (Å²) in [4.78, 5) is 38.8. The lowest BCUT2D eigenvalue weighted by Crippen LogP contribution is -2.42. The van der Waals surface area contributed by atoms with Crippen LogP contribution in [0.5, 0.6) is 5.75 Å². The van der Waals surface area contributed by atoms with E-state index in [2.05, 4.69) is 40.5 Å². The summed E-state index contributed by atoms with van der Waals surface area (Å²) < 4.78 is 10.9. The predicted molar refractivity (Wildman–Crippen MR) is 173 cm³/mol. The molecule has 6 rings (SSSR count). The molecule has 2 heterocycles. The number of aryl methyl sites for hydroxylation is 1. The molecule has 2 aromatic heterocycles. The number of carbonyl (C=O) groups excluding carboxylic acids is 2. The van der Waals surface area contributed by atoms with Gasteiger partial charge in [-0.25, -0.2) is 9.78 Å². The van der Waals surface area contributed by atoms with Gasteiger partial charge in [0.15, 0.2) is 0 Å². The monoisotopic (exact) mass is 616 g/mol. The molecule has 0 aliphatic heterocycles. The van der Waals surface area contributed by atoms with Crippen molar-refractivity contribution in [3.63, 3.8) is 0 Å². The second-order valence-corrected chi connectivity index (χ2v) is 13.8. The molecule has 3 aromatic rings. The minimum atomic E-state index is -0.401. The number of pyridine rings is 1. The van der Waals surface area contributed by atoms with E-state index in [1.54, 1.807) is 25.5 Å². The van der Waals surface area contributed by atoms with E-state index in [-0.39, 0.29) is 17.9 Å². The summed E-state index contributed by atoms with van der Waals surface area (Å²) >= 11 is 1.78. The number of methoxy groups -OCH3 is 1. The van der Waals surface area contributed by atoms with Crippen molar-refractivity contribution in [2.24, 2.45) is 11.8 Å². The maximum Gasteiger partial charge on any atom is 0.407 e. The molecule has 3 aliphatic carbocycles. The third kappa shape index (κ3) is 7.09. The molecule has 3 fully saturated rings. The number of aromatic nitrogens is 2. The Kier molecular flexibility index (Phi) is 9.50. The summed E-state index contributed by atoms with van der Waals surface area (Å²) in [7, 11) is 3.26. The van der Waals surface area contributed by atoms with Gasteiger partial charge in [-0.3, -0.25) is 9.78 Å². The first kappa shape index (κ1) is 30.6. The standard InChI is InChI=1S/C35H44N4O4S/c1-22-31(42-3)18-17-30(38-22)24-9-7-23(8-10-24)21-39(34(40)26-13-15-29(16-14-26)43-35(41)36-2)28-6-4-5-27(19-28)32-20-37-33(44-32)25-11-12-25/h4-6,17-20,23-26,29H,7-16,21H2,1-3H3,(H,36,41)/t23-,24-,26-,29-. The first-order chi connectivity index (χ1) is 21.4. The van der Waals surface area contributed by atoms with E-state index in [1.165, 1.54) is 17.8 Å². The molecule has 0 bridgehead atoms. The molecule has 0 spiro atoms. The van der Waals surface area contributed by atoms with E-state index in [0.717, 1.165) is 78.3 Å². The predicted octanol–water partition coefficient (Wildman–Crippen LogP) is 7.62. The molecule has 0 atom stereocenters. The number of hydrogen-bond acceptors (Lipinski definition) is 7. The Morgan fingerprint density at radius 1 is 0.977 bits per heavy atom. The van der Waals surface area contributed by atoms with Crippen LogP contribution in [0.2, 0.25) is 0 Å². The van der Waals surface area contributed by atoms with Crippen LogP contribution >= 0.6 is 11.3 Å². The van der Waals surface area contributed by atoms with Crippen LogP contribution in [-0.2, 0) is 9.53 Å². The van der Waals surface area contributed by atoms with Gasteiger partial charge in [0.05, 0.1) is 22.7 Å². The van der Waals surface area contributed by atoms with Crippen LogP contribution in [0.15, 0.2) is 42.6 Å². The van der Waals surface area contributed by atoms with Crippen LogP contribution in [0.25, 0.3) is 10.4 Å². The molecular formula is C35H44N4O4S. The number of thiazole rings is 1. The smallest absolute Gasteiger partial charge is 0.407 e. The topological polar surface area (TPSA) is 93.7 Å². The number of amides is 2. The Labute approximate surface area is 264 Å². The number of nitrogens with one attached hydrogen (secondary N) is 1. The zero-order valence-corrected chi connectivity index (χ0v) is 26.9. The maximum absolute atomic E-state index is 14.3. The van der Waals surface area contributed by atoms with Crippen LogP contribution in [0.4, 0.5) is 10.5 Å². The normalized spacial score (nSPS) is 23.5. The number of ether oxygens (including phenoxy) is 2. The number of rotatable bonds is 9. The summed E-state index contributed by atoms with van der Waals surface area (Å²) in [6.07, 6.45) is 11.1. The van der Waals surface area contributed by atoms with Crippen LogP contribution in [0.1, 0.15) is 92.4 Å². The van der Waals surface area contributed by atoms with E-state index in [1.807, 2.05) is 19.2 Å². The molecule has 44 heavy (non-hydrogen) atoms. The van der Waals surface area contributed by atoms with Gasteiger partial charge in [-0.2, -0.15) is 0 Å². The van der Waals surface area contributed by atoms with Gasteiger partial charge in [-0.15, -0.1) is 11.3 Å². The van der Waals surface area contributed by atoms with E-state index >= 15 is 0 Å². The zero-order valence-electron chi connectivity index (χ0n) is 26.1. The van der Waals surface area contributed by atoms with Gasteiger partial charge in [0.25, 0.3) is 0 Å². The average Bonchev–Trinajstić information content (AvgIpc) is 3.79. The van der Waals surface area contributed by atoms with E-state index in [0.29, 0.717) is 30.6 Å². The summed E-state index contributed by atoms with van der Waals surface area (Å²) in [6, 6.07) is 12.6. The lowest BCUT2D eigenvalue weighted by molar-refractivity contribution is -0.124. The van der Waals surface area contributed by atoms with Crippen LogP contribution in [0, 0.1) is 18.8 Å². The van der Waals surface area contributed by atoms with Gasteiger partial charge >= 0.3 is 6.09 Å². The highest BCUT2D eigenvalue weighted by molar-refractivity contribution is 7.15. The first-order valence-corrected chi connectivity index (χ1v) is 17.0. The molecule has 0 radical (unpaired) electrons. The zero-order chi connectivity index (χ0) is 30.6. The second-order valence-electron chi connectivity index (χ2n) is 12.7. The number of nitrogens with zero attached hydrogens (tertiary/aromatic N) is 3. The molecule has 8 nitrogen and oxygen atoms in total. The number of carbonyl (C=O) groups is 2. The van der Waals surface area contributed by atoms with Crippen LogP contribution < -0.4 is 15.0 Å². The molecular weight excluding hydrogens is 572 g/mol. The molecule has 2 amide bonds. The first-order valence-electron chi connectivity index (χ1n) is 16.2. The van der Waals surface area contributed by atoms with Crippen molar-refractivity contribution in [3.05, 3.63) is 59.0 Å². The molecule has 3 saturated carbocycles. The Balaban J connectivity index is 1.17. The van der Waals surface area contributed by atoms with Crippen LogP contribution in [-0.4, -0.2) is 48.8 Å². The molecule has 0 unspecified atom stereocenters. The number of alkyl carbamates (subject to hydrolysis) is 1. The van der Waals surface area contributed by atoms with Gasteiger partial charge in [-0.05, 0) is 107 Å². The number of anilines is 1. The largest absolute Gasteiger partial charge is 0.495 e. The summed E-state index contributed by atoms with van der Waals surface area (Å²) in [6.45, 7) is 2.72. The Bertz CT molecular complexity index is 1450. The highest BCUT2D eigenvalue weighted by Crippen LogP contribution is 2.44. The summed E-state index contributed by atoms with van der Waals surface area (Å²) in [5, 5.41) is 3.76. The molecule has 234 valence electrons. The van der Waals surface area contributed by atoms with Crippen LogP contribution in [0.3, 0.4) is 0 Å². The Hall–Kier alpha value is -3.46. The van der Waals surface area contributed by atoms with Gasteiger partial charge < -0.3 is 19.7 Å². The highest BCUT2D eigenvalue weighted by Gasteiger charge is 2.34. The third-order valence-corrected chi connectivity index (χ3v) is 10.9. The fourth-order valence-electron chi connectivity index (χ4n) is 6.86. The van der Waals surface area contributed by atoms with Crippen molar-refractivity contribution in [3.8, 4) is 16.2 Å². The van der Waals surface area contributed by atoms with E-state index in [4.69, 9.17) is 19.4 Å². The van der Waals surface area contributed by atoms with Crippen molar-refractivity contribution in [2.75, 3.05) is 25.6 Å². The second kappa shape index (κ2) is 13.7. The summed E-state index contributed by atoms with van der Waals surface area (Å²) in [5.74, 6) is 2.44. The van der Waals surface area contributed by atoms with Crippen molar-refractivity contribution < 1.29 is 19.1 Å². The van der Waals surface area contributed by atoms with Gasteiger partial charge in [0.2, 0.25) is 5.91 Å². The highest BCUT2D eigenvalue weighted by atomic mass is 32.1. The minimum absolute atomic E-state index is 0.0733. The lowest BCUT2D eigenvalue weighted by atomic mass is 9.79. The summed E-state index contributed by atoms with van der Waals surface area (Å²) in [5.41, 5.74) is 4.17. The SMILES string of the molecule is CNC(=O)O[C@H]1CC[C@H](C(=O)N(C[C@H]2CC[C@H](c3ccc(OC)c(C)n3)CC2)c2cccc(-c3cnc(C4CC4)s3)c2)CC1. The quantitative estimate of drug-likeness (QED) is 0.266. The average molecular weight is 617 g/mol. The molecule has 9 heteroatoms. The van der Waals surface area contributed by atoms with E-state index in [9.17, 15) is 9.59 Å². The van der Waals surface area contributed by atoms with Gasteiger partial charge in [0, 0.05) is 48.9 Å². The fourth-order valence-corrected chi connectivity index (χ4v) is 7.94. The molecule has 3 aliphatic rings. The van der Waals surface area contributed by atoms with Crippen molar-refractivity contribution in [2.45, 2.75) is 89.1 Å². The van der Waals surface area contributed by atoms with Crippen molar-refractivity contribution in [1.82, 2.24) is 15.3 Å². The maximum atomic E-state index is 14.3. The number of hydrogen-bond donors (Lipinski definition) is 1. The molecule has 1 N–H and O–H groups in total. The Morgan fingerprint density at radius 3 is 2.41 bits per heavy atom. The number of benzene rings is 1. The van der Waals surface area contributed by atoms with E-state index < -0.39 is 6.09 Å².